The molecular weight excluding hydrogens is 657 g/mol. The zero-order valence-corrected chi connectivity index (χ0v) is 30.2. The fraction of sp³-hybridized carbons (Fsp3) is 0.525. The number of benzene rings is 1. The van der Waals surface area contributed by atoms with Crippen molar-refractivity contribution in [3.05, 3.63) is 60.4 Å². The number of hydrogen-bond donors (Lipinski definition) is 2. The first-order valence-corrected chi connectivity index (χ1v) is 19.3. The zero-order valence-electron chi connectivity index (χ0n) is 30.2. The average molecular weight is 706 g/mol. The first-order chi connectivity index (χ1) is 25.3. The van der Waals surface area contributed by atoms with Gasteiger partial charge < -0.3 is 29.9 Å². The number of piperidine rings is 2. The lowest BCUT2D eigenvalue weighted by Crippen LogP contribution is -2.58. The highest BCUT2D eigenvalue weighted by Gasteiger charge is 2.56. The first-order valence-electron chi connectivity index (χ1n) is 19.3. The molecule has 1 aromatic carbocycles. The van der Waals surface area contributed by atoms with Crippen LogP contribution in [-0.4, -0.2) is 92.5 Å². The van der Waals surface area contributed by atoms with Crippen molar-refractivity contribution in [1.82, 2.24) is 34.6 Å². The Morgan fingerprint density at radius 3 is 2.58 bits per heavy atom. The van der Waals surface area contributed by atoms with Crippen LogP contribution in [0.3, 0.4) is 0 Å². The molecule has 4 aromatic rings. The summed E-state index contributed by atoms with van der Waals surface area (Å²) in [4.78, 5) is 48.8. The van der Waals surface area contributed by atoms with Crippen LogP contribution in [0.4, 0.5) is 21.6 Å². The number of carbonyl (C=O) groups is 2. The van der Waals surface area contributed by atoms with Gasteiger partial charge in [0.2, 0.25) is 11.8 Å². The molecule has 11 nitrogen and oxygen atoms in total. The van der Waals surface area contributed by atoms with Crippen LogP contribution >= 0.6 is 0 Å². The molecule has 5 aliphatic rings. The van der Waals surface area contributed by atoms with E-state index >= 15 is 0 Å². The van der Waals surface area contributed by atoms with E-state index in [1.165, 1.54) is 25.5 Å². The molecule has 0 radical (unpaired) electrons. The summed E-state index contributed by atoms with van der Waals surface area (Å²) in [6.45, 7) is 9.27. The molecule has 0 bridgehead atoms. The number of fused-ring (bicyclic) bond motifs is 3. The summed E-state index contributed by atoms with van der Waals surface area (Å²) < 4.78 is 16.9. The second-order valence-electron chi connectivity index (χ2n) is 15.8. The van der Waals surface area contributed by atoms with E-state index in [4.69, 9.17) is 9.97 Å². The number of likely N-dealkylation sites (tertiary alicyclic amines) is 2. The number of hydrogen-bond acceptors (Lipinski definition) is 8. The van der Waals surface area contributed by atoms with Crippen molar-refractivity contribution >= 4 is 40.0 Å². The maximum absolute atomic E-state index is 14.9. The van der Waals surface area contributed by atoms with Gasteiger partial charge in [0.05, 0.1) is 40.8 Å². The molecule has 272 valence electrons. The molecule has 4 aliphatic heterocycles. The standard InChI is InChI=1S/C40H48FN9O2/c1-25(2)49-24-44-34-21-33(46-37(36(34)49)45-32-9-13-43-23-31(32)41)26-6-7-30-35(18-26)50(29-19-28(20-29)47-14-4-3-5-15-47)39(52)40(30)10-16-48(17-11-40)38(51)27-8-12-42-22-27/h6-7,9,13,18,21,23-25,27-29,42H,3-5,8,10-12,14-17,19-20,22H2,1-2H3,(H,43,45,46)/t27-,28?,29?/m1/s1. The normalized spacial score (nSPS) is 24.5. The molecule has 1 atom stereocenters. The van der Waals surface area contributed by atoms with E-state index in [-0.39, 0.29) is 35.5 Å². The highest BCUT2D eigenvalue weighted by Crippen LogP contribution is 2.52. The molecule has 2 N–H and O–H groups in total. The zero-order chi connectivity index (χ0) is 35.6. The van der Waals surface area contributed by atoms with Crippen LogP contribution in [0.15, 0.2) is 49.1 Å². The van der Waals surface area contributed by atoms with E-state index in [0.717, 1.165) is 73.3 Å². The Labute approximate surface area is 304 Å². The molecule has 12 heteroatoms. The lowest BCUT2D eigenvalue weighted by atomic mass is 9.73. The third kappa shape index (κ3) is 5.57. The Hall–Kier alpha value is -4.42. The van der Waals surface area contributed by atoms with Crippen molar-refractivity contribution in [1.29, 1.82) is 0 Å². The van der Waals surface area contributed by atoms with Crippen molar-refractivity contribution in [2.75, 3.05) is 49.5 Å². The highest BCUT2D eigenvalue weighted by molar-refractivity contribution is 6.09. The summed E-state index contributed by atoms with van der Waals surface area (Å²) in [7, 11) is 0. The SMILES string of the molecule is CC(C)n1cnc2cc(-c3ccc4c(c3)N(C3CC(N5CCCCC5)C3)C(=O)C43CCN(C(=O)[C@@H]4CCNC4)CC3)nc(Nc3ccncc3F)c21. The Bertz CT molecular complexity index is 2000. The lowest BCUT2D eigenvalue weighted by molar-refractivity contribution is -0.138. The maximum Gasteiger partial charge on any atom is 0.238 e. The van der Waals surface area contributed by atoms with Gasteiger partial charge in [-0.1, -0.05) is 18.6 Å². The second-order valence-corrected chi connectivity index (χ2v) is 15.8. The smallest absolute Gasteiger partial charge is 0.238 e. The summed E-state index contributed by atoms with van der Waals surface area (Å²) >= 11 is 0. The molecule has 0 unspecified atom stereocenters. The van der Waals surface area contributed by atoms with Gasteiger partial charge in [0.1, 0.15) is 5.52 Å². The number of amides is 2. The van der Waals surface area contributed by atoms with Crippen LogP contribution in [0, 0.1) is 11.7 Å². The molecule has 1 spiro atoms. The Morgan fingerprint density at radius 2 is 1.85 bits per heavy atom. The van der Waals surface area contributed by atoms with Crippen molar-refractivity contribution in [2.45, 2.75) is 88.8 Å². The summed E-state index contributed by atoms with van der Waals surface area (Å²) in [5, 5.41) is 6.56. The minimum absolute atomic E-state index is 0.0348. The number of imidazole rings is 1. The van der Waals surface area contributed by atoms with E-state index in [1.54, 1.807) is 18.6 Å². The van der Waals surface area contributed by atoms with E-state index in [9.17, 15) is 14.0 Å². The summed E-state index contributed by atoms with van der Waals surface area (Å²) in [6.07, 6.45) is 12.5. The number of anilines is 3. The largest absolute Gasteiger partial charge is 0.342 e. The first kappa shape index (κ1) is 33.4. The molecule has 3 aromatic heterocycles. The Morgan fingerprint density at radius 1 is 1.04 bits per heavy atom. The van der Waals surface area contributed by atoms with Gasteiger partial charge in [0.15, 0.2) is 11.6 Å². The van der Waals surface area contributed by atoms with Gasteiger partial charge in [-0.05, 0) is 102 Å². The molecule has 9 rings (SSSR count). The van der Waals surface area contributed by atoms with Gasteiger partial charge in [-0.2, -0.15) is 0 Å². The molecule has 4 fully saturated rings. The number of nitrogens with zero attached hydrogens (tertiary/aromatic N) is 7. The number of halogens is 1. The van der Waals surface area contributed by atoms with E-state index in [2.05, 4.69) is 57.5 Å². The molecule has 1 aliphatic carbocycles. The van der Waals surface area contributed by atoms with Crippen molar-refractivity contribution in [3.8, 4) is 11.3 Å². The van der Waals surface area contributed by atoms with Crippen LogP contribution in [0.25, 0.3) is 22.3 Å². The fourth-order valence-electron chi connectivity index (χ4n) is 9.47. The molecular formula is C40H48FN9O2. The molecule has 7 heterocycles. The minimum Gasteiger partial charge on any atom is -0.342 e. The maximum atomic E-state index is 14.9. The summed E-state index contributed by atoms with van der Waals surface area (Å²) in [5.41, 5.74) is 4.79. The Balaban J connectivity index is 1.08. The molecule has 3 saturated heterocycles. The van der Waals surface area contributed by atoms with Crippen LogP contribution in [-0.2, 0) is 15.0 Å². The quantitative estimate of drug-likeness (QED) is 0.249. The number of nitrogens with one attached hydrogen (secondary N) is 2. The predicted octanol–water partition coefficient (Wildman–Crippen LogP) is 5.79. The fourth-order valence-corrected chi connectivity index (χ4v) is 9.47. The lowest BCUT2D eigenvalue weighted by Gasteiger charge is -2.48. The van der Waals surface area contributed by atoms with Crippen LogP contribution in [0.1, 0.15) is 76.8 Å². The predicted molar refractivity (Wildman–Crippen MR) is 199 cm³/mol. The Kier molecular flexibility index (Phi) is 8.49. The number of rotatable bonds is 7. The molecule has 2 amide bonds. The van der Waals surface area contributed by atoms with Crippen LogP contribution < -0.4 is 15.5 Å². The van der Waals surface area contributed by atoms with E-state index in [1.807, 2.05) is 15.5 Å². The van der Waals surface area contributed by atoms with Crippen molar-refractivity contribution in [2.24, 2.45) is 5.92 Å². The third-order valence-electron chi connectivity index (χ3n) is 12.5. The van der Waals surface area contributed by atoms with Gasteiger partial charge in [-0.25, -0.2) is 14.4 Å². The van der Waals surface area contributed by atoms with Crippen molar-refractivity contribution < 1.29 is 14.0 Å². The number of aromatic nitrogens is 4. The molecule has 52 heavy (non-hydrogen) atoms. The van der Waals surface area contributed by atoms with Crippen molar-refractivity contribution in [3.63, 3.8) is 0 Å². The summed E-state index contributed by atoms with van der Waals surface area (Å²) in [6, 6.07) is 10.7. The summed E-state index contributed by atoms with van der Waals surface area (Å²) in [5.74, 6) is 0.482. The van der Waals surface area contributed by atoms with E-state index in [0.29, 0.717) is 43.5 Å². The number of carbonyl (C=O) groups excluding carboxylic acids is 2. The topological polar surface area (TPSA) is 112 Å². The monoisotopic (exact) mass is 705 g/mol. The molecule has 1 saturated carbocycles. The second kappa shape index (κ2) is 13.2. The number of pyridine rings is 2. The third-order valence-corrected chi connectivity index (χ3v) is 12.5. The van der Waals surface area contributed by atoms with Gasteiger partial charge in [0.25, 0.3) is 0 Å². The van der Waals surface area contributed by atoms with Gasteiger partial charge in [-0.15, -0.1) is 0 Å². The van der Waals surface area contributed by atoms with Gasteiger partial charge >= 0.3 is 0 Å². The van der Waals surface area contributed by atoms with Gasteiger partial charge in [-0.3, -0.25) is 14.6 Å². The minimum atomic E-state index is -0.645. The van der Waals surface area contributed by atoms with E-state index < -0.39 is 11.2 Å². The van der Waals surface area contributed by atoms with Crippen LogP contribution in [0.5, 0.6) is 0 Å². The highest BCUT2D eigenvalue weighted by atomic mass is 19.1. The average Bonchev–Trinajstić information content (AvgIpc) is 3.89. The van der Waals surface area contributed by atoms with Crippen LogP contribution in [0.2, 0.25) is 0 Å². The van der Waals surface area contributed by atoms with Gasteiger partial charge in [0, 0.05) is 55.2 Å².